The van der Waals surface area contributed by atoms with Gasteiger partial charge in [0.25, 0.3) is 0 Å². The minimum absolute atomic E-state index is 0. The topological polar surface area (TPSA) is 39.7 Å². The van der Waals surface area contributed by atoms with Crippen molar-refractivity contribution in [3.63, 3.8) is 0 Å². The van der Waals surface area contributed by atoms with Crippen molar-refractivity contribution in [2.45, 2.75) is 53.4 Å². The van der Waals surface area contributed by atoms with E-state index in [1.54, 1.807) is 0 Å². The van der Waals surface area contributed by atoms with Crippen LogP contribution < -0.4 is 14.8 Å². The molecule has 0 saturated heterocycles. The Morgan fingerprint density at radius 1 is 1.03 bits per heavy atom. The molecular formula is C23H33BrClNO3. The molecular weight excluding hydrogens is 454 g/mol. The largest absolute Gasteiger partial charge is 0.490 e. The first-order valence-electron chi connectivity index (χ1n) is 9.95. The number of halogens is 2. The number of hydrogen-bond acceptors (Lipinski definition) is 4. The zero-order valence-corrected chi connectivity index (χ0v) is 20.2. The quantitative estimate of drug-likeness (QED) is 0.370. The van der Waals surface area contributed by atoms with Gasteiger partial charge in [0.2, 0.25) is 0 Å². The van der Waals surface area contributed by atoms with E-state index in [4.69, 9.17) is 14.2 Å². The van der Waals surface area contributed by atoms with E-state index >= 15 is 0 Å². The summed E-state index contributed by atoms with van der Waals surface area (Å²) in [5, 5.41) is 3.46. The molecule has 4 nitrogen and oxygen atoms in total. The molecule has 0 aliphatic rings. The van der Waals surface area contributed by atoms with Gasteiger partial charge in [-0.1, -0.05) is 29.8 Å². The third-order valence-corrected chi connectivity index (χ3v) is 4.74. The maximum atomic E-state index is 6.07. The predicted molar refractivity (Wildman–Crippen MR) is 125 cm³/mol. The molecule has 2 aromatic rings. The van der Waals surface area contributed by atoms with E-state index in [-0.39, 0.29) is 18.5 Å². The fourth-order valence-corrected chi connectivity index (χ4v) is 3.32. The highest BCUT2D eigenvalue weighted by molar-refractivity contribution is 9.10. The smallest absolute Gasteiger partial charge is 0.175 e. The van der Waals surface area contributed by atoms with Crippen molar-refractivity contribution in [2.75, 3.05) is 19.8 Å². The molecule has 0 atom stereocenters. The Kier molecular flexibility index (Phi) is 12.3. The van der Waals surface area contributed by atoms with E-state index in [1.807, 2.05) is 6.92 Å². The number of benzene rings is 2. The van der Waals surface area contributed by atoms with Crippen LogP contribution in [0.25, 0.3) is 0 Å². The Balaban J connectivity index is 0.00000420. The highest BCUT2D eigenvalue weighted by Crippen LogP contribution is 2.37. The first kappa shape index (κ1) is 25.8. The van der Waals surface area contributed by atoms with Gasteiger partial charge in [-0.3, -0.25) is 0 Å². The normalized spacial score (nSPS) is 10.7. The maximum Gasteiger partial charge on any atom is 0.175 e. The van der Waals surface area contributed by atoms with E-state index < -0.39 is 0 Å². The molecule has 2 rings (SSSR count). The van der Waals surface area contributed by atoms with E-state index in [0.717, 1.165) is 53.2 Å². The average Bonchev–Trinajstić information content (AvgIpc) is 2.65. The van der Waals surface area contributed by atoms with Crippen molar-refractivity contribution < 1.29 is 14.2 Å². The molecule has 1 N–H and O–H groups in total. The molecule has 0 unspecified atom stereocenters. The molecule has 2 aromatic carbocycles. The van der Waals surface area contributed by atoms with Gasteiger partial charge in [0.1, 0.15) is 6.61 Å². The number of nitrogens with one attached hydrogen (secondary N) is 1. The van der Waals surface area contributed by atoms with Crippen LogP contribution in [0.15, 0.2) is 40.9 Å². The van der Waals surface area contributed by atoms with Gasteiger partial charge in [-0.25, -0.2) is 0 Å². The maximum absolute atomic E-state index is 6.07. The number of rotatable bonds is 12. The molecule has 0 aromatic heterocycles. The minimum Gasteiger partial charge on any atom is -0.490 e. The van der Waals surface area contributed by atoms with Gasteiger partial charge in [0, 0.05) is 13.2 Å². The zero-order chi connectivity index (χ0) is 20.4. The van der Waals surface area contributed by atoms with Crippen molar-refractivity contribution >= 4 is 28.3 Å². The van der Waals surface area contributed by atoms with Crippen LogP contribution in [0.1, 0.15) is 43.9 Å². The lowest BCUT2D eigenvalue weighted by Crippen LogP contribution is -2.17. The Morgan fingerprint density at radius 2 is 1.76 bits per heavy atom. The summed E-state index contributed by atoms with van der Waals surface area (Å²) in [7, 11) is 0. The van der Waals surface area contributed by atoms with Crippen LogP contribution in [0.2, 0.25) is 0 Å². The second kappa shape index (κ2) is 13.9. The third kappa shape index (κ3) is 9.39. The first-order valence-corrected chi connectivity index (χ1v) is 10.7. The summed E-state index contributed by atoms with van der Waals surface area (Å²) in [6.45, 7) is 11.8. The van der Waals surface area contributed by atoms with Crippen molar-refractivity contribution in [1.29, 1.82) is 0 Å². The van der Waals surface area contributed by atoms with E-state index in [0.29, 0.717) is 13.2 Å². The first-order chi connectivity index (χ1) is 13.5. The molecule has 0 fully saturated rings. The molecule has 0 aliphatic carbocycles. The van der Waals surface area contributed by atoms with Gasteiger partial charge in [-0.05, 0) is 79.9 Å². The predicted octanol–water partition coefficient (Wildman–Crippen LogP) is 6.06. The van der Waals surface area contributed by atoms with Gasteiger partial charge >= 0.3 is 0 Å². The fraction of sp³-hybridized carbons (Fsp3) is 0.478. The van der Waals surface area contributed by atoms with Crippen LogP contribution >= 0.6 is 28.3 Å². The number of aryl methyl sites for hydroxylation is 1. The van der Waals surface area contributed by atoms with Gasteiger partial charge in [-0.15, -0.1) is 12.4 Å². The summed E-state index contributed by atoms with van der Waals surface area (Å²) in [4.78, 5) is 0. The summed E-state index contributed by atoms with van der Waals surface area (Å²) in [5.41, 5.74) is 3.53. The van der Waals surface area contributed by atoms with E-state index in [2.05, 4.69) is 78.4 Å². The standard InChI is InChI=1S/C23H32BrNO3.ClH/c1-5-26-22-14-20(15-25-11-6-12-27-17(2)3)13-21(24)23(22)28-16-19-9-7-18(4)8-10-19;/h7-10,13-14,17,25H,5-6,11-12,15-16H2,1-4H3;1H. The minimum atomic E-state index is 0. The summed E-state index contributed by atoms with van der Waals surface area (Å²) in [5.74, 6) is 1.51. The highest BCUT2D eigenvalue weighted by Gasteiger charge is 2.12. The van der Waals surface area contributed by atoms with Gasteiger partial charge < -0.3 is 19.5 Å². The highest BCUT2D eigenvalue weighted by atomic mass is 79.9. The molecule has 0 amide bonds. The van der Waals surface area contributed by atoms with E-state index in [9.17, 15) is 0 Å². The Labute approximate surface area is 189 Å². The second-order valence-electron chi connectivity index (χ2n) is 7.06. The van der Waals surface area contributed by atoms with Crippen LogP contribution in [0, 0.1) is 6.92 Å². The van der Waals surface area contributed by atoms with Gasteiger partial charge in [-0.2, -0.15) is 0 Å². The van der Waals surface area contributed by atoms with Crippen LogP contribution in [0.4, 0.5) is 0 Å². The van der Waals surface area contributed by atoms with Crippen LogP contribution in [0.5, 0.6) is 11.5 Å². The summed E-state index contributed by atoms with van der Waals surface area (Å²) in [6, 6.07) is 12.5. The lowest BCUT2D eigenvalue weighted by atomic mass is 10.1. The summed E-state index contributed by atoms with van der Waals surface area (Å²) in [6.07, 6.45) is 1.28. The van der Waals surface area contributed by atoms with Crippen molar-refractivity contribution in [3.05, 3.63) is 57.6 Å². The fourth-order valence-electron chi connectivity index (χ4n) is 2.72. The Morgan fingerprint density at radius 3 is 2.41 bits per heavy atom. The van der Waals surface area contributed by atoms with Crippen LogP contribution in [-0.4, -0.2) is 25.9 Å². The third-order valence-electron chi connectivity index (χ3n) is 4.15. The molecule has 29 heavy (non-hydrogen) atoms. The Bertz CT molecular complexity index is 723. The Hall–Kier alpha value is -1.27. The van der Waals surface area contributed by atoms with E-state index in [1.165, 1.54) is 5.56 Å². The van der Waals surface area contributed by atoms with Crippen LogP contribution in [-0.2, 0) is 17.9 Å². The average molecular weight is 487 g/mol. The molecule has 0 spiro atoms. The molecule has 0 heterocycles. The number of ether oxygens (including phenoxy) is 3. The SMILES string of the molecule is CCOc1cc(CNCCCOC(C)C)cc(Br)c1OCc1ccc(C)cc1.Cl. The number of hydrogen-bond donors (Lipinski definition) is 1. The van der Waals surface area contributed by atoms with Crippen LogP contribution in [0.3, 0.4) is 0 Å². The monoisotopic (exact) mass is 485 g/mol. The zero-order valence-electron chi connectivity index (χ0n) is 17.8. The molecule has 0 radical (unpaired) electrons. The molecule has 162 valence electrons. The molecule has 0 bridgehead atoms. The summed E-state index contributed by atoms with van der Waals surface area (Å²) < 4.78 is 18.4. The molecule has 0 saturated carbocycles. The molecule has 6 heteroatoms. The lowest BCUT2D eigenvalue weighted by Gasteiger charge is -2.16. The van der Waals surface area contributed by atoms with Gasteiger partial charge in [0.05, 0.1) is 17.2 Å². The van der Waals surface area contributed by atoms with Gasteiger partial charge in [0.15, 0.2) is 11.5 Å². The van der Waals surface area contributed by atoms with Crippen molar-refractivity contribution in [2.24, 2.45) is 0 Å². The van der Waals surface area contributed by atoms with Crippen molar-refractivity contribution in [3.8, 4) is 11.5 Å². The second-order valence-corrected chi connectivity index (χ2v) is 7.92. The molecule has 0 aliphatic heterocycles. The lowest BCUT2D eigenvalue weighted by molar-refractivity contribution is 0.0770. The van der Waals surface area contributed by atoms with Crippen molar-refractivity contribution in [1.82, 2.24) is 5.32 Å². The summed E-state index contributed by atoms with van der Waals surface area (Å²) >= 11 is 3.65.